The van der Waals surface area contributed by atoms with Gasteiger partial charge in [0.2, 0.25) is 0 Å². The van der Waals surface area contributed by atoms with E-state index in [-0.39, 0.29) is 5.82 Å². The van der Waals surface area contributed by atoms with E-state index in [2.05, 4.69) is 15.6 Å². The molecule has 0 amide bonds. The number of rotatable bonds is 10. The first-order valence-electron chi connectivity index (χ1n) is 7.93. The number of aliphatic imine (C=N–C) groups is 1. The molecule has 0 saturated heterocycles. The number of halogens is 1. The average Bonchev–Trinajstić information content (AvgIpc) is 2.54. The lowest BCUT2D eigenvalue weighted by atomic mass is 10.1. The first-order chi connectivity index (χ1) is 11.2. The number of hydrogen-bond acceptors (Lipinski definition) is 3. The van der Waals surface area contributed by atoms with Crippen LogP contribution >= 0.6 is 0 Å². The lowest BCUT2D eigenvalue weighted by Gasteiger charge is -2.12. The van der Waals surface area contributed by atoms with Crippen molar-refractivity contribution < 1.29 is 13.9 Å². The smallest absolute Gasteiger partial charge is 0.190 e. The molecule has 1 aromatic carbocycles. The number of benzene rings is 1. The molecule has 23 heavy (non-hydrogen) atoms. The van der Waals surface area contributed by atoms with Crippen LogP contribution in [0.1, 0.15) is 17.5 Å². The maximum atomic E-state index is 13.1. The highest BCUT2D eigenvalue weighted by atomic mass is 19.1. The van der Waals surface area contributed by atoms with E-state index in [1.54, 1.807) is 20.2 Å². The van der Waals surface area contributed by atoms with E-state index < -0.39 is 0 Å². The van der Waals surface area contributed by atoms with Crippen molar-refractivity contribution in [3.05, 3.63) is 35.1 Å². The van der Waals surface area contributed by atoms with Crippen LogP contribution in [0.5, 0.6) is 0 Å². The molecular weight excluding hydrogens is 297 g/mol. The number of methoxy groups -OCH3 is 1. The lowest BCUT2D eigenvalue weighted by Crippen LogP contribution is -2.39. The molecule has 0 aliphatic heterocycles. The molecule has 0 aliphatic rings. The van der Waals surface area contributed by atoms with Gasteiger partial charge in [0.25, 0.3) is 0 Å². The fourth-order valence-electron chi connectivity index (χ4n) is 2.10. The van der Waals surface area contributed by atoms with Crippen LogP contribution < -0.4 is 10.6 Å². The monoisotopic (exact) mass is 325 g/mol. The van der Waals surface area contributed by atoms with Gasteiger partial charge in [-0.25, -0.2) is 4.39 Å². The Morgan fingerprint density at radius 1 is 1.17 bits per heavy atom. The molecule has 0 spiro atoms. The summed E-state index contributed by atoms with van der Waals surface area (Å²) in [5, 5.41) is 6.49. The number of hydrogen-bond donors (Lipinski definition) is 2. The van der Waals surface area contributed by atoms with E-state index in [0.29, 0.717) is 19.8 Å². The molecule has 0 radical (unpaired) electrons. The van der Waals surface area contributed by atoms with Crippen molar-refractivity contribution >= 4 is 5.96 Å². The second kappa shape index (κ2) is 11.8. The SMILES string of the molecule is CN=C(NCCCOCCOC)NCCc1ccc(F)cc1C. The highest BCUT2D eigenvalue weighted by Crippen LogP contribution is 2.10. The Morgan fingerprint density at radius 3 is 2.65 bits per heavy atom. The van der Waals surface area contributed by atoms with Crippen molar-refractivity contribution in [2.75, 3.05) is 47.1 Å². The Morgan fingerprint density at radius 2 is 1.96 bits per heavy atom. The zero-order valence-corrected chi connectivity index (χ0v) is 14.3. The molecule has 0 heterocycles. The van der Waals surface area contributed by atoms with Crippen molar-refractivity contribution in [2.24, 2.45) is 4.99 Å². The number of nitrogens with zero attached hydrogens (tertiary/aromatic N) is 1. The van der Waals surface area contributed by atoms with Crippen LogP contribution in [0.15, 0.2) is 23.2 Å². The molecule has 0 atom stereocenters. The molecular formula is C17H28FN3O2. The molecule has 0 aliphatic carbocycles. The Bertz CT molecular complexity index is 481. The van der Waals surface area contributed by atoms with Crippen LogP contribution in [-0.4, -0.2) is 53.0 Å². The summed E-state index contributed by atoms with van der Waals surface area (Å²) in [7, 11) is 3.40. The quantitative estimate of drug-likeness (QED) is 0.392. The van der Waals surface area contributed by atoms with Crippen LogP contribution in [0, 0.1) is 12.7 Å². The standard InChI is InChI=1S/C17H28FN3O2/c1-14-13-16(18)6-5-15(14)7-9-21-17(19-2)20-8-4-10-23-12-11-22-3/h5-6,13H,4,7-12H2,1-3H3,(H2,19,20,21). The van der Waals surface area contributed by atoms with E-state index in [9.17, 15) is 4.39 Å². The van der Waals surface area contributed by atoms with Gasteiger partial charge < -0.3 is 20.1 Å². The molecule has 0 bridgehead atoms. The van der Waals surface area contributed by atoms with Gasteiger partial charge in [0.1, 0.15) is 5.82 Å². The molecule has 2 N–H and O–H groups in total. The lowest BCUT2D eigenvalue weighted by molar-refractivity contribution is 0.0698. The molecule has 6 heteroatoms. The molecule has 5 nitrogen and oxygen atoms in total. The molecule has 0 unspecified atom stereocenters. The van der Waals surface area contributed by atoms with Crippen molar-refractivity contribution in [2.45, 2.75) is 19.8 Å². The normalized spacial score (nSPS) is 11.6. The average molecular weight is 325 g/mol. The van der Waals surface area contributed by atoms with E-state index in [0.717, 1.165) is 43.0 Å². The van der Waals surface area contributed by atoms with Crippen LogP contribution in [-0.2, 0) is 15.9 Å². The zero-order valence-electron chi connectivity index (χ0n) is 14.3. The summed E-state index contributed by atoms with van der Waals surface area (Å²) in [5.41, 5.74) is 2.11. The second-order valence-electron chi connectivity index (χ2n) is 5.21. The highest BCUT2D eigenvalue weighted by molar-refractivity contribution is 5.79. The third-order valence-electron chi connectivity index (χ3n) is 3.40. The minimum atomic E-state index is -0.190. The predicted molar refractivity (Wildman–Crippen MR) is 91.5 cm³/mol. The fraction of sp³-hybridized carbons (Fsp3) is 0.588. The second-order valence-corrected chi connectivity index (χ2v) is 5.21. The largest absolute Gasteiger partial charge is 0.382 e. The number of ether oxygens (including phenoxy) is 2. The summed E-state index contributed by atoms with van der Waals surface area (Å²) in [6.45, 7) is 5.41. The molecule has 130 valence electrons. The predicted octanol–water partition coefficient (Wildman–Crippen LogP) is 1.89. The van der Waals surface area contributed by atoms with Gasteiger partial charge in [0, 0.05) is 33.9 Å². The molecule has 1 aromatic rings. The maximum Gasteiger partial charge on any atom is 0.190 e. The minimum absolute atomic E-state index is 0.190. The van der Waals surface area contributed by atoms with Gasteiger partial charge in [-0.05, 0) is 43.0 Å². The molecule has 0 aromatic heterocycles. The summed E-state index contributed by atoms with van der Waals surface area (Å²) in [6, 6.07) is 4.89. The Labute approximate surface area is 138 Å². The minimum Gasteiger partial charge on any atom is -0.382 e. The first kappa shape index (κ1) is 19.4. The maximum absolute atomic E-state index is 13.1. The van der Waals surface area contributed by atoms with Crippen molar-refractivity contribution in [1.82, 2.24) is 10.6 Å². The molecule has 0 saturated carbocycles. The van der Waals surface area contributed by atoms with Gasteiger partial charge in [0.05, 0.1) is 13.2 Å². The van der Waals surface area contributed by atoms with Gasteiger partial charge in [0.15, 0.2) is 5.96 Å². The summed E-state index contributed by atoms with van der Waals surface area (Å²) in [4.78, 5) is 4.18. The van der Waals surface area contributed by atoms with Crippen molar-refractivity contribution in [3.63, 3.8) is 0 Å². The van der Waals surface area contributed by atoms with E-state index in [1.807, 2.05) is 13.0 Å². The Balaban J connectivity index is 2.16. The summed E-state index contributed by atoms with van der Waals surface area (Å²) in [5.74, 6) is 0.575. The molecule has 1 rings (SSSR count). The number of aryl methyl sites for hydroxylation is 1. The van der Waals surface area contributed by atoms with Crippen LogP contribution in [0.25, 0.3) is 0 Å². The van der Waals surface area contributed by atoms with Gasteiger partial charge in [-0.1, -0.05) is 6.07 Å². The van der Waals surface area contributed by atoms with Gasteiger partial charge in [-0.2, -0.15) is 0 Å². The van der Waals surface area contributed by atoms with E-state index in [1.165, 1.54) is 6.07 Å². The first-order valence-corrected chi connectivity index (χ1v) is 7.93. The van der Waals surface area contributed by atoms with Gasteiger partial charge in [-0.3, -0.25) is 4.99 Å². The van der Waals surface area contributed by atoms with E-state index >= 15 is 0 Å². The fourth-order valence-corrected chi connectivity index (χ4v) is 2.10. The third kappa shape index (κ3) is 8.52. The van der Waals surface area contributed by atoms with Gasteiger partial charge in [-0.15, -0.1) is 0 Å². The summed E-state index contributed by atoms with van der Waals surface area (Å²) in [6.07, 6.45) is 1.73. The van der Waals surface area contributed by atoms with E-state index in [4.69, 9.17) is 9.47 Å². The summed E-state index contributed by atoms with van der Waals surface area (Å²) >= 11 is 0. The van der Waals surface area contributed by atoms with Crippen molar-refractivity contribution in [1.29, 1.82) is 0 Å². The topological polar surface area (TPSA) is 54.9 Å². The number of nitrogens with one attached hydrogen (secondary N) is 2. The summed E-state index contributed by atoms with van der Waals surface area (Å²) < 4.78 is 23.4. The van der Waals surface area contributed by atoms with Crippen LogP contribution in [0.3, 0.4) is 0 Å². The Hall–Kier alpha value is -1.66. The zero-order chi connectivity index (χ0) is 16.9. The molecule has 0 fully saturated rings. The van der Waals surface area contributed by atoms with Gasteiger partial charge >= 0.3 is 0 Å². The highest BCUT2D eigenvalue weighted by Gasteiger charge is 2.01. The van der Waals surface area contributed by atoms with Crippen LogP contribution in [0.4, 0.5) is 4.39 Å². The third-order valence-corrected chi connectivity index (χ3v) is 3.40. The van der Waals surface area contributed by atoms with Crippen LogP contribution in [0.2, 0.25) is 0 Å². The van der Waals surface area contributed by atoms with Crippen molar-refractivity contribution in [3.8, 4) is 0 Å². The Kier molecular flexibility index (Phi) is 9.99. The number of guanidine groups is 1.